The van der Waals surface area contributed by atoms with Crippen molar-refractivity contribution in [3.63, 3.8) is 0 Å². The van der Waals surface area contributed by atoms with Crippen molar-refractivity contribution in [3.05, 3.63) is 23.2 Å². The van der Waals surface area contributed by atoms with E-state index >= 15 is 0 Å². The third kappa shape index (κ3) is 2.86. The van der Waals surface area contributed by atoms with Crippen molar-refractivity contribution >= 4 is 11.5 Å². The van der Waals surface area contributed by atoms with Gasteiger partial charge in [-0.25, -0.2) is 4.98 Å². The Labute approximate surface area is 104 Å². The molecule has 0 aliphatic rings. The van der Waals surface area contributed by atoms with Crippen LogP contribution in [-0.4, -0.2) is 31.4 Å². The molecule has 1 atom stereocenters. The van der Waals surface area contributed by atoms with Crippen LogP contribution in [-0.2, 0) is 13.0 Å². The van der Waals surface area contributed by atoms with Crippen molar-refractivity contribution < 1.29 is 0 Å². The van der Waals surface area contributed by atoms with Crippen molar-refractivity contribution in [1.82, 2.24) is 29.7 Å². The van der Waals surface area contributed by atoms with Gasteiger partial charge in [-0.05, 0) is 25.0 Å². The molecule has 17 heavy (non-hydrogen) atoms. The van der Waals surface area contributed by atoms with Crippen molar-refractivity contribution in [2.24, 2.45) is 0 Å². The summed E-state index contributed by atoms with van der Waals surface area (Å²) >= 11 is 1.37. The fourth-order valence-corrected chi connectivity index (χ4v) is 2.21. The van der Waals surface area contributed by atoms with Gasteiger partial charge in [0.1, 0.15) is 12.2 Å². The molecule has 0 spiro atoms. The quantitative estimate of drug-likeness (QED) is 0.832. The van der Waals surface area contributed by atoms with E-state index in [0.29, 0.717) is 0 Å². The van der Waals surface area contributed by atoms with Crippen molar-refractivity contribution in [3.8, 4) is 0 Å². The highest BCUT2D eigenvalue weighted by molar-refractivity contribution is 7.03. The average Bonchev–Trinajstić information content (AvgIpc) is 2.97. The second-order valence-electron chi connectivity index (χ2n) is 3.77. The first kappa shape index (κ1) is 12.1. The number of nitrogens with one attached hydrogen (secondary N) is 1. The fraction of sp³-hybridized carbons (Fsp3) is 0.600. The highest BCUT2D eigenvalue weighted by Crippen LogP contribution is 2.15. The van der Waals surface area contributed by atoms with Gasteiger partial charge in [0.25, 0.3) is 0 Å². The zero-order chi connectivity index (χ0) is 12.1. The van der Waals surface area contributed by atoms with Crippen LogP contribution in [0.4, 0.5) is 0 Å². The number of hydrogen-bond donors (Lipinski definition) is 1. The standard InChI is InChI=1S/C10H16N6S/c1-3-4-16-10(12-7-13-16)5-8(11-2)9-6-17-15-14-9/h6-8,11H,3-5H2,1-2H3. The van der Waals surface area contributed by atoms with E-state index in [1.165, 1.54) is 11.5 Å². The van der Waals surface area contributed by atoms with Gasteiger partial charge >= 0.3 is 0 Å². The van der Waals surface area contributed by atoms with E-state index in [9.17, 15) is 0 Å². The molecule has 2 aromatic rings. The monoisotopic (exact) mass is 252 g/mol. The van der Waals surface area contributed by atoms with Crippen LogP contribution in [0, 0.1) is 0 Å². The van der Waals surface area contributed by atoms with E-state index in [4.69, 9.17) is 0 Å². The van der Waals surface area contributed by atoms with Crippen LogP contribution in [0.3, 0.4) is 0 Å². The van der Waals surface area contributed by atoms with Crippen LogP contribution in [0.2, 0.25) is 0 Å². The molecule has 0 saturated carbocycles. The number of nitrogens with zero attached hydrogens (tertiary/aromatic N) is 5. The number of aryl methyl sites for hydroxylation is 1. The molecule has 0 saturated heterocycles. The maximum atomic E-state index is 4.30. The molecule has 0 aliphatic heterocycles. The molecular formula is C10H16N6S. The Hall–Kier alpha value is -1.34. The number of likely N-dealkylation sites (N-methyl/N-ethyl adjacent to an activating group) is 1. The Balaban J connectivity index is 2.10. The van der Waals surface area contributed by atoms with Crippen LogP contribution in [0.25, 0.3) is 0 Å². The molecule has 92 valence electrons. The molecule has 2 aromatic heterocycles. The van der Waals surface area contributed by atoms with Gasteiger partial charge < -0.3 is 5.32 Å². The first-order chi connectivity index (χ1) is 8.35. The van der Waals surface area contributed by atoms with Crippen LogP contribution in [0.5, 0.6) is 0 Å². The minimum atomic E-state index is 0.147. The van der Waals surface area contributed by atoms with Gasteiger partial charge in [0.15, 0.2) is 0 Å². The van der Waals surface area contributed by atoms with E-state index < -0.39 is 0 Å². The Kier molecular flexibility index (Phi) is 4.16. The minimum absolute atomic E-state index is 0.147. The van der Waals surface area contributed by atoms with Gasteiger partial charge in [-0.1, -0.05) is 11.4 Å². The normalized spacial score (nSPS) is 12.8. The lowest BCUT2D eigenvalue weighted by molar-refractivity contribution is 0.509. The molecule has 6 nitrogen and oxygen atoms in total. The summed E-state index contributed by atoms with van der Waals surface area (Å²) in [7, 11) is 1.92. The first-order valence-corrected chi connectivity index (χ1v) is 6.49. The van der Waals surface area contributed by atoms with Crippen molar-refractivity contribution in [1.29, 1.82) is 0 Å². The Bertz CT molecular complexity index is 437. The van der Waals surface area contributed by atoms with Gasteiger partial charge in [0, 0.05) is 18.3 Å². The summed E-state index contributed by atoms with van der Waals surface area (Å²) in [6, 6.07) is 0.147. The van der Waals surface area contributed by atoms with Crippen LogP contribution < -0.4 is 5.32 Å². The summed E-state index contributed by atoms with van der Waals surface area (Å²) in [5, 5.41) is 13.5. The highest BCUT2D eigenvalue weighted by Gasteiger charge is 2.16. The third-order valence-electron chi connectivity index (χ3n) is 2.60. The van der Waals surface area contributed by atoms with Crippen LogP contribution >= 0.6 is 11.5 Å². The predicted molar refractivity (Wildman–Crippen MR) is 65.7 cm³/mol. The number of aromatic nitrogens is 5. The van der Waals surface area contributed by atoms with Crippen LogP contribution in [0.15, 0.2) is 11.7 Å². The molecule has 7 heteroatoms. The van der Waals surface area contributed by atoms with Gasteiger partial charge in [0.2, 0.25) is 0 Å². The zero-order valence-electron chi connectivity index (χ0n) is 10.00. The van der Waals surface area contributed by atoms with Crippen molar-refractivity contribution in [2.75, 3.05) is 7.05 Å². The molecule has 0 radical (unpaired) electrons. The molecule has 1 N–H and O–H groups in total. The predicted octanol–water partition coefficient (Wildman–Crippen LogP) is 1.04. The van der Waals surface area contributed by atoms with E-state index in [-0.39, 0.29) is 6.04 Å². The average molecular weight is 252 g/mol. The summed E-state index contributed by atoms with van der Waals surface area (Å²) < 4.78 is 5.84. The smallest absolute Gasteiger partial charge is 0.138 e. The van der Waals surface area contributed by atoms with Gasteiger partial charge in [-0.2, -0.15) is 5.10 Å². The van der Waals surface area contributed by atoms with Gasteiger partial charge in [-0.15, -0.1) is 5.10 Å². The Morgan fingerprint density at radius 3 is 3.06 bits per heavy atom. The summed E-state index contributed by atoms with van der Waals surface area (Å²) in [5.41, 5.74) is 0.962. The van der Waals surface area contributed by atoms with Gasteiger partial charge in [-0.3, -0.25) is 4.68 Å². The topological polar surface area (TPSA) is 68.5 Å². The Morgan fingerprint density at radius 2 is 2.41 bits per heavy atom. The molecule has 0 aromatic carbocycles. The van der Waals surface area contributed by atoms with E-state index in [1.54, 1.807) is 6.33 Å². The molecule has 0 fully saturated rings. The summed E-state index contributed by atoms with van der Waals surface area (Å²) in [6.45, 7) is 3.03. The summed E-state index contributed by atoms with van der Waals surface area (Å²) in [6.07, 6.45) is 3.44. The molecule has 0 bridgehead atoms. The second-order valence-corrected chi connectivity index (χ2v) is 4.38. The van der Waals surface area contributed by atoms with E-state index in [1.807, 2.05) is 17.1 Å². The lowest BCUT2D eigenvalue weighted by Gasteiger charge is -2.13. The molecule has 0 aliphatic carbocycles. The van der Waals surface area contributed by atoms with Gasteiger partial charge in [0.05, 0.1) is 11.7 Å². The molecule has 2 heterocycles. The van der Waals surface area contributed by atoms with E-state index in [2.05, 4.69) is 31.9 Å². The van der Waals surface area contributed by atoms with E-state index in [0.717, 1.165) is 30.9 Å². The molecule has 1 unspecified atom stereocenters. The lowest BCUT2D eigenvalue weighted by Crippen LogP contribution is -2.21. The highest BCUT2D eigenvalue weighted by atomic mass is 32.1. The van der Waals surface area contributed by atoms with Crippen molar-refractivity contribution in [2.45, 2.75) is 32.4 Å². The lowest BCUT2D eigenvalue weighted by atomic mass is 10.1. The molecule has 0 amide bonds. The Morgan fingerprint density at radius 1 is 1.53 bits per heavy atom. The fourth-order valence-electron chi connectivity index (χ4n) is 1.71. The summed E-state index contributed by atoms with van der Waals surface area (Å²) in [4.78, 5) is 4.30. The largest absolute Gasteiger partial charge is 0.311 e. The molecule has 2 rings (SSSR count). The molecular weight excluding hydrogens is 236 g/mol. The number of rotatable bonds is 6. The first-order valence-electron chi connectivity index (χ1n) is 5.66. The SMILES string of the molecule is CCCn1ncnc1CC(NC)c1csnn1. The second kappa shape index (κ2) is 5.83. The minimum Gasteiger partial charge on any atom is -0.311 e. The van der Waals surface area contributed by atoms with Crippen LogP contribution in [0.1, 0.15) is 30.9 Å². The number of hydrogen-bond acceptors (Lipinski definition) is 6. The zero-order valence-corrected chi connectivity index (χ0v) is 10.8. The third-order valence-corrected chi connectivity index (χ3v) is 3.12. The maximum Gasteiger partial charge on any atom is 0.138 e. The summed E-state index contributed by atoms with van der Waals surface area (Å²) in [5.74, 6) is 0.985. The maximum absolute atomic E-state index is 4.30.